The lowest BCUT2D eigenvalue weighted by molar-refractivity contribution is 0.0398. The number of carbonyl (C=O) groups is 1. The molecule has 132 valence electrons. The molecule has 0 radical (unpaired) electrons. The van der Waals surface area contributed by atoms with E-state index < -0.39 is 6.09 Å². The van der Waals surface area contributed by atoms with Crippen LogP contribution in [-0.4, -0.2) is 60.5 Å². The number of hydrogen-bond donors (Lipinski definition) is 3. The Kier molecular flexibility index (Phi) is 5.81. The first kappa shape index (κ1) is 17.2. The number of nitrogens with zero attached hydrogens (tertiary/aromatic N) is 2. The molecular weight excluding hydrogens is 320 g/mol. The summed E-state index contributed by atoms with van der Waals surface area (Å²) in [6.07, 6.45) is 0.749. The average Bonchev–Trinajstić information content (AvgIpc) is 2.63. The molecule has 1 aliphatic heterocycles. The highest BCUT2D eigenvalue weighted by Crippen LogP contribution is 2.21. The molecule has 2 heterocycles. The van der Waals surface area contributed by atoms with Gasteiger partial charge in [0.25, 0.3) is 0 Å². The minimum Gasteiger partial charge on any atom is -0.465 e. The second-order valence-electron chi connectivity index (χ2n) is 5.82. The van der Waals surface area contributed by atoms with Crippen LogP contribution < -0.4 is 10.6 Å². The van der Waals surface area contributed by atoms with Gasteiger partial charge >= 0.3 is 6.09 Å². The largest absolute Gasteiger partial charge is 0.465 e. The Balaban J connectivity index is 1.51. The fraction of sp³-hybridized carbons (Fsp3) is 0.333. The third-order valence-electron chi connectivity index (χ3n) is 4.07. The molecule has 3 rings (SSSR count). The third-order valence-corrected chi connectivity index (χ3v) is 4.07. The molecule has 0 unspecified atom stereocenters. The van der Waals surface area contributed by atoms with Gasteiger partial charge in [0.05, 0.1) is 13.2 Å². The second kappa shape index (κ2) is 8.46. The van der Waals surface area contributed by atoms with Crippen LogP contribution in [-0.2, 0) is 4.74 Å². The zero-order valence-electron chi connectivity index (χ0n) is 13.9. The Hall–Kier alpha value is -2.64. The number of hydrogen-bond acceptors (Lipinski definition) is 5. The Morgan fingerprint density at radius 2 is 1.84 bits per heavy atom. The van der Waals surface area contributed by atoms with Gasteiger partial charge in [-0.15, -0.1) is 0 Å². The van der Waals surface area contributed by atoms with Gasteiger partial charge in [0.1, 0.15) is 5.82 Å². The number of rotatable bonds is 6. The fourth-order valence-electron chi connectivity index (χ4n) is 2.71. The number of morpholine rings is 1. The number of aromatic nitrogens is 1. The molecule has 25 heavy (non-hydrogen) atoms. The summed E-state index contributed by atoms with van der Waals surface area (Å²) in [6, 6.07) is 11.2. The highest BCUT2D eigenvalue weighted by atomic mass is 16.5. The first-order valence-corrected chi connectivity index (χ1v) is 8.31. The molecule has 0 spiro atoms. The SMILES string of the molecule is O=C(O)Nc1ccc(-c2ccc(NCCN3CCOCC3)nc2)cc1. The van der Waals surface area contributed by atoms with E-state index >= 15 is 0 Å². The van der Waals surface area contributed by atoms with Crippen molar-refractivity contribution in [3.63, 3.8) is 0 Å². The van der Waals surface area contributed by atoms with Gasteiger partial charge in [-0.2, -0.15) is 0 Å². The molecule has 0 atom stereocenters. The van der Waals surface area contributed by atoms with E-state index in [0.717, 1.165) is 56.3 Å². The lowest BCUT2D eigenvalue weighted by Gasteiger charge is -2.26. The molecule has 1 aromatic heterocycles. The molecule has 2 aromatic rings. The predicted molar refractivity (Wildman–Crippen MR) is 97.1 cm³/mol. The van der Waals surface area contributed by atoms with Crippen molar-refractivity contribution in [2.24, 2.45) is 0 Å². The van der Waals surface area contributed by atoms with Gasteiger partial charge in [0.15, 0.2) is 0 Å². The molecule has 1 saturated heterocycles. The van der Waals surface area contributed by atoms with Gasteiger partial charge in [0.2, 0.25) is 0 Å². The van der Waals surface area contributed by atoms with E-state index in [2.05, 4.69) is 20.5 Å². The molecular formula is C18H22N4O3. The summed E-state index contributed by atoms with van der Waals surface area (Å²) in [5.74, 6) is 0.848. The van der Waals surface area contributed by atoms with E-state index in [4.69, 9.17) is 9.84 Å². The molecule has 1 fully saturated rings. The second-order valence-corrected chi connectivity index (χ2v) is 5.82. The van der Waals surface area contributed by atoms with Crippen molar-refractivity contribution in [2.45, 2.75) is 0 Å². The van der Waals surface area contributed by atoms with E-state index in [1.165, 1.54) is 0 Å². The van der Waals surface area contributed by atoms with Crippen LogP contribution in [0, 0.1) is 0 Å². The first-order valence-electron chi connectivity index (χ1n) is 8.31. The number of nitrogens with one attached hydrogen (secondary N) is 2. The molecule has 1 amide bonds. The normalized spacial score (nSPS) is 14.9. The topological polar surface area (TPSA) is 86.7 Å². The monoisotopic (exact) mass is 342 g/mol. The van der Waals surface area contributed by atoms with Crippen molar-refractivity contribution < 1.29 is 14.6 Å². The smallest absolute Gasteiger partial charge is 0.409 e. The third kappa shape index (κ3) is 5.17. The molecule has 0 aliphatic carbocycles. The summed E-state index contributed by atoms with van der Waals surface area (Å²) >= 11 is 0. The van der Waals surface area contributed by atoms with E-state index in [1.54, 1.807) is 12.1 Å². The summed E-state index contributed by atoms with van der Waals surface area (Å²) in [6.45, 7) is 5.43. The summed E-state index contributed by atoms with van der Waals surface area (Å²) in [7, 11) is 0. The maximum Gasteiger partial charge on any atom is 0.409 e. The van der Waals surface area contributed by atoms with Crippen LogP contribution in [0.5, 0.6) is 0 Å². The van der Waals surface area contributed by atoms with Gasteiger partial charge in [-0.3, -0.25) is 10.2 Å². The number of benzene rings is 1. The highest BCUT2D eigenvalue weighted by molar-refractivity contribution is 5.83. The lowest BCUT2D eigenvalue weighted by Crippen LogP contribution is -2.39. The lowest BCUT2D eigenvalue weighted by atomic mass is 10.1. The Labute approximate surface area is 146 Å². The van der Waals surface area contributed by atoms with Crippen molar-refractivity contribution in [2.75, 3.05) is 50.0 Å². The van der Waals surface area contributed by atoms with Crippen molar-refractivity contribution in [3.05, 3.63) is 42.6 Å². The Bertz CT molecular complexity index is 682. The van der Waals surface area contributed by atoms with Gasteiger partial charge in [-0.05, 0) is 29.8 Å². The van der Waals surface area contributed by atoms with Crippen LogP contribution in [0.25, 0.3) is 11.1 Å². The van der Waals surface area contributed by atoms with Gasteiger partial charge < -0.3 is 15.2 Å². The van der Waals surface area contributed by atoms with Crippen LogP contribution in [0.4, 0.5) is 16.3 Å². The van der Waals surface area contributed by atoms with Gasteiger partial charge in [0, 0.05) is 43.6 Å². The average molecular weight is 342 g/mol. The number of amides is 1. The summed E-state index contributed by atoms with van der Waals surface area (Å²) in [5.41, 5.74) is 2.52. The van der Waals surface area contributed by atoms with Crippen molar-refractivity contribution in [1.82, 2.24) is 9.88 Å². The summed E-state index contributed by atoms with van der Waals surface area (Å²) in [4.78, 5) is 17.4. The first-order chi connectivity index (χ1) is 12.2. The Morgan fingerprint density at radius 3 is 2.48 bits per heavy atom. The maximum atomic E-state index is 10.6. The molecule has 0 saturated carbocycles. The Morgan fingerprint density at radius 1 is 1.12 bits per heavy atom. The summed E-state index contributed by atoms with van der Waals surface area (Å²) in [5, 5.41) is 14.4. The molecule has 0 bridgehead atoms. The summed E-state index contributed by atoms with van der Waals surface area (Å²) < 4.78 is 5.34. The quantitative estimate of drug-likeness (QED) is 0.748. The molecule has 3 N–H and O–H groups in total. The minimum absolute atomic E-state index is 0.547. The van der Waals surface area contributed by atoms with E-state index in [-0.39, 0.29) is 0 Å². The highest BCUT2D eigenvalue weighted by Gasteiger charge is 2.09. The van der Waals surface area contributed by atoms with E-state index in [9.17, 15) is 4.79 Å². The van der Waals surface area contributed by atoms with Crippen LogP contribution in [0.1, 0.15) is 0 Å². The molecule has 7 nitrogen and oxygen atoms in total. The molecule has 1 aliphatic rings. The number of pyridine rings is 1. The van der Waals surface area contributed by atoms with Crippen molar-refractivity contribution in [3.8, 4) is 11.1 Å². The number of ether oxygens (including phenoxy) is 1. The van der Waals surface area contributed by atoms with Crippen molar-refractivity contribution >= 4 is 17.6 Å². The van der Waals surface area contributed by atoms with E-state index in [0.29, 0.717) is 5.69 Å². The standard InChI is InChI=1S/C18H22N4O3/c23-18(24)21-16-4-1-14(2-5-16)15-3-6-17(20-13-15)19-7-8-22-9-11-25-12-10-22/h1-6,13,21H,7-12H2,(H,19,20)(H,23,24). The number of carboxylic acid groups (broad SMARTS) is 1. The minimum atomic E-state index is -1.07. The molecule has 7 heteroatoms. The zero-order valence-corrected chi connectivity index (χ0v) is 13.9. The van der Waals surface area contributed by atoms with Gasteiger partial charge in [-0.1, -0.05) is 12.1 Å². The predicted octanol–water partition coefficient (Wildman–Crippen LogP) is 2.58. The van der Waals surface area contributed by atoms with Crippen LogP contribution in [0.3, 0.4) is 0 Å². The van der Waals surface area contributed by atoms with Crippen LogP contribution >= 0.6 is 0 Å². The van der Waals surface area contributed by atoms with Crippen molar-refractivity contribution in [1.29, 1.82) is 0 Å². The number of anilines is 2. The van der Waals surface area contributed by atoms with Gasteiger partial charge in [-0.25, -0.2) is 9.78 Å². The fourth-order valence-corrected chi connectivity index (χ4v) is 2.71. The van der Waals surface area contributed by atoms with Crippen LogP contribution in [0.2, 0.25) is 0 Å². The molecule has 1 aromatic carbocycles. The zero-order chi connectivity index (χ0) is 17.5. The maximum absolute atomic E-state index is 10.6. The van der Waals surface area contributed by atoms with Crippen LogP contribution in [0.15, 0.2) is 42.6 Å². The van der Waals surface area contributed by atoms with E-state index in [1.807, 2.05) is 30.5 Å².